The third-order valence-electron chi connectivity index (χ3n) is 11.8. The number of unbranched alkanes of at least 4 members (excludes halogenated alkanes) is 33. The number of hydrogen-bond donors (Lipinski definition) is 0. The Kier molecular flexibility index (Phi) is 44.0. The number of likely N-dealkylation sites (N-methyl/N-ethyl adjacent to an activating group) is 1. The zero-order valence-electron chi connectivity index (χ0n) is 41.6. The third kappa shape index (κ3) is 48.2. The SMILES string of the molecule is CCCCCCCC/C=C\CCCCCCCC(=O)OC(COC(=O)CCCCCCCCCCCCCCCCCCCCCCCCC)COP(=O)([O-])OCC[N+](C)(C)C. The van der Waals surface area contributed by atoms with Gasteiger partial charge in [0.15, 0.2) is 6.10 Å². The number of ether oxygens (including phenoxy) is 2. The number of rotatable bonds is 49. The number of quaternary nitrogens is 1. The minimum Gasteiger partial charge on any atom is -0.756 e. The normalized spacial score (nSPS) is 13.5. The van der Waals surface area contributed by atoms with Crippen LogP contribution < -0.4 is 4.89 Å². The molecule has 0 aromatic heterocycles. The standard InChI is InChI=1S/C52H102NO8P/c1-6-8-10-12-14-16-18-20-22-23-24-25-26-27-28-29-31-32-34-36-38-40-42-44-51(54)58-48-50(49-60-62(56,57)59-47-46-53(3,4)5)61-52(55)45-43-41-39-37-35-33-30-21-19-17-15-13-11-9-7-2/h21,30,50H,6-20,22-29,31-49H2,1-5H3/b30-21-. The summed E-state index contributed by atoms with van der Waals surface area (Å²) in [6, 6.07) is 0. The fourth-order valence-electron chi connectivity index (χ4n) is 7.65. The van der Waals surface area contributed by atoms with Crippen LogP contribution in [0.4, 0.5) is 0 Å². The molecule has 0 saturated heterocycles. The van der Waals surface area contributed by atoms with Crippen LogP contribution in [0.5, 0.6) is 0 Å². The highest BCUT2D eigenvalue weighted by Gasteiger charge is 2.21. The molecule has 0 amide bonds. The fraction of sp³-hybridized carbons (Fsp3) is 0.923. The van der Waals surface area contributed by atoms with E-state index in [1.165, 1.54) is 173 Å². The molecular weight excluding hydrogens is 798 g/mol. The summed E-state index contributed by atoms with van der Waals surface area (Å²) in [6.45, 7) is 4.26. The maximum Gasteiger partial charge on any atom is 0.306 e. The van der Waals surface area contributed by atoms with Crippen LogP contribution >= 0.6 is 7.82 Å². The molecule has 2 atom stereocenters. The van der Waals surface area contributed by atoms with E-state index in [9.17, 15) is 19.0 Å². The minimum absolute atomic E-state index is 0.0290. The van der Waals surface area contributed by atoms with Crippen molar-refractivity contribution in [1.29, 1.82) is 0 Å². The molecule has 0 radical (unpaired) electrons. The molecule has 0 saturated carbocycles. The number of phosphoric acid groups is 1. The first kappa shape index (κ1) is 60.8. The highest BCUT2D eigenvalue weighted by Crippen LogP contribution is 2.38. The van der Waals surface area contributed by atoms with Gasteiger partial charge in [-0.1, -0.05) is 219 Å². The smallest absolute Gasteiger partial charge is 0.306 e. The lowest BCUT2D eigenvalue weighted by atomic mass is 10.0. The predicted octanol–water partition coefficient (Wildman–Crippen LogP) is 15.1. The molecule has 0 heterocycles. The van der Waals surface area contributed by atoms with Crippen molar-refractivity contribution in [2.45, 2.75) is 264 Å². The molecule has 0 rings (SSSR count). The Morgan fingerprint density at radius 1 is 0.484 bits per heavy atom. The number of hydrogen-bond acceptors (Lipinski definition) is 8. The zero-order chi connectivity index (χ0) is 45.7. The second-order valence-corrected chi connectivity index (χ2v) is 20.7. The van der Waals surface area contributed by atoms with Gasteiger partial charge in [0.1, 0.15) is 19.8 Å². The van der Waals surface area contributed by atoms with E-state index in [0.29, 0.717) is 17.4 Å². The Labute approximate surface area is 384 Å². The third-order valence-corrected chi connectivity index (χ3v) is 12.7. The first-order chi connectivity index (χ1) is 30.0. The number of allylic oxidation sites excluding steroid dienone is 2. The molecule has 0 spiro atoms. The number of nitrogens with zero attached hydrogens (tertiary/aromatic N) is 1. The highest BCUT2D eigenvalue weighted by molar-refractivity contribution is 7.45. The van der Waals surface area contributed by atoms with Crippen LogP contribution in [0.25, 0.3) is 0 Å². The summed E-state index contributed by atoms with van der Waals surface area (Å²) in [5.41, 5.74) is 0. The second-order valence-electron chi connectivity index (χ2n) is 19.2. The van der Waals surface area contributed by atoms with E-state index >= 15 is 0 Å². The number of phosphoric ester groups is 1. The maximum atomic E-state index is 12.7. The van der Waals surface area contributed by atoms with Crippen LogP contribution in [0.3, 0.4) is 0 Å². The quantitative estimate of drug-likeness (QED) is 0.0195. The molecule has 368 valence electrons. The van der Waals surface area contributed by atoms with Gasteiger partial charge in [-0.25, -0.2) is 0 Å². The Hall–Kier alpha value is -1.25. The van der Waals surface area contributed by atoms with Crippen molar-refractivity contribution in [3.05, 3.63) is 12.2 Å². The largest absolute Gasteiger partial charge is 0.756 e. The Balaban J connectivity index is 4.15. The average Bonchev–Trinajstić information content (AvgIpc) is 3.23. The topological polar surface area (TPSA) is 111 Å². The highest BCUT2D eigenvalue weighted by atomic mass is 31.2. The molecular formula is C52H102NO8P. The van der Waals surface area contributed by atoms with Crippen LogP contribution in [0.1, 0.15) is 258 Å². The van der Waals surface area contributed by atoms with Gasteiger partial charge in [-0.2, -0.15) is 0 Å². The van der Waals surface area contributed by atoms with Gasteiger partial charge in [0.05, 0.1) is 27.7 Å². The molecule has 0 fully saturated rings. The lowest BCUT2D eigenvalue weighted by Gasteiger charge is -2.28. The van der Waals surface area contributed by atoms with E-state index in [2.05, 4.69) is 26.0 Å². The van der Waals surface area contributed by atoms with Gasteiger partial charge in [0.25, 0.3) is 7.82 Å². The van der Waals surface area contributed by atoms with E-state index < -0.39 is 26.5 Å². The van der Waals surface area contributed by atoms with Crippen molar-refractivity contribution in [3.8, 4) is 0 Å². The number of carbonyl (C=O) groups excluding carboxylic acids is 2. The van der Waals surface area contributed by atoms with E-state index in [4.69, 9.17) is 18.5 Å². The van der Waals surface area contributed by atoms with Crippen molar-refractivity contribution < 1.29 is 42.1 Å². The molecule has 0 aromatic rings. The molecule has 0 aromatic carbocycles. The molecule has 0 N–H and O–H groups in total. The number of carbonyl (C=O) groups is 2. The van der Waals surface area contributed by atoms with Crippen molar-refractivity contribution in [2.24, 2.45) is 0 Å². The van der Waals surface area contributed by atoms with E-state index in [0.717, 1.165) is 51.4 Å². The lowest BCUT2D eigenvalue weighted by molar-refractivity contribution is -0.870. The molecule has 62 heavy (non-hydrogen) atoms. The summed E-state index contributed by atoms with van der Waals surface area (Å²) < 4.78 is 34.0. The van der Waals surface area contributed by atoms with Gasteiger partial charge in [0, 0.05) is 12.8 Å². The molecule has 9 nitrogen and oxygen atoms in total. The van der Waals surface area contributed by atoms with Crippen LogP contribution in [0, 0.1) is 0 Å². The summed E-state index contributed by atoms with van der Waals surface area (Å²) in [5, 5.41) is 0. The average molecular weight is 900 g/mol. The molecule has 0 aliphatic heterocycles. The van der Waals surface area contributed by atoms with Gasteiger partial charge >= 0.3 is 11.9 Å². The zero-order valence-corrected chi connectivity index (χ0v) is 42.5. The second kappa shape index (κ2) is 44.9. The van der Waals surface area contributed by atoms with Gasteiger partial charge in [0.2, 0.25) is 0 Å². The number of esters is 2. The van der Waals surface area contributed by atoms with E-state index in [1.54, 1.807) is 0 Å². The van der Waals surface area contributed by atoms with Crippen molar-refractivity contribution in [3.63, 3.8) is 0 Å². The summed E-state index contributed by atoms with van der Waals surface area (Å²) in [7, 11) is 1.17. The van der Waals surface area contributed by atoms with Gasteiger partial charge in [-0.05, 0) is 38.5 Å². The van der Waals surface area contributed by atoms with Crippen LogP contribution in [-0.2, 0) is 32.7 Å². The first-order valence-corrected chi connectivity index (χ1v) is 27.9. The van der Waals surface area contributed by atoms with Crippen LogP contribution in [-0.4, -0.2) is 70.0 Å². The monoisotopic (exact) mass is 900 g/mol. The van der Waals surface area contributed by atoms with Crippen LogP contribution in [0.2, 0.25) is 0 Å². The van der Waals surface area contributed by atoms with Crippen LogP contribution in [0.15, 0.2) is 12.2 Å². The van der Waals surface area contributed by atoms with Crippen molar-refractivity contribution in [2.75, 3.05) is 47.5 Å². The Morgan fingerprint density at radius 2 is 0.823 bits per heavy atom. The summed E-state index contributed by atoms with van der Waals surface area (Å²) in [6.07, 6.45) is 49.6. The first-order valence-electron chi connectivity index (χ1n) is 26.4. The van der Waals surface area contributed by atoms with Crippen molar-refractivity contribution in [1.82, 2.24) is 0 Å². The molecule has 10 heteroatoms. The van der Waals surface area contributed by atoms with Gasteiger partial charge in [-0.3, -0.25) is 14.2 Å². The summed E-state index contributed by atoms with van der Waals surface area (Å²) >= 11 is 0. The fourth-order valence-corrected chi connectivity index (χ4v) is 8.38. The van der Waals surface area contributed by atoms with E-state index in [1.807, 2.05) is 21.1 Å². The maximum absolute atomic E-state index is 12.7. The molecule has 0 bridgehead atoms. The summed E-state index contributed by atoms with van der Waals surface area (Å²) in [4.78, 5) is 37.7. The van der Waals surface area contributed by atoms with Gasteiger partial charge in [-0.15, -0.1) is 0 Å². The minimum atomic E-state index is -4.63. The Morgan fingerprint density at radius 3 is 1.19 bits per heavy atom. The van der Waals surface area contributed by atoms with Crippen molar-refractivity contribution >= 4 is 19.8 Å². The summed E-state index contributed by atoms with van der Waals surface area (Å²) in [5.74, 6) is -0.829. The van der Waals surface area contributed by atoms with Gasteiger partial charge < -0.3 is 27.9 Å². The predicted molar refractivity (Wildman–Crippen MR) is 259 cm³/mol. The molecule has 2 unspecified atom stereocenters. The molecule has 0 aliphatic rings. The Bertz CT molecular complexity index is 1060. The lowest BCUT2D eigenvalue weighted by Crippen LogP contribution is -2.37. The molecule has 0 aliphatic carbocycles. The van der Waals surface area contributed by atoms with E-state index in [-0.39, 0.29) is 32.0 Å².